The molecule has 5 heteroatoms. The number of fused-ring (bicyclic) bond motifs is 2. The van der Waals surface area contributed by atoms with Crippen molar-refractivity contribution in [2.24, 2.45) is 0 Å². The van der Waals surface area contributed by atoms with Gasteiger partial charge in [-0.15, -0.1) is 0 Å². The fourth-order valence-corrected chi connectivity index (χ4v) is 3.29. The molecule has 2 heterocycles. The van der Waals surface area contributed by atoms with Crippen LogP contribution in [-0.4, -0.2) is 19.2 Å². The van der Waals surface area contributed by atoms with Gasteiger partial charge in [-0.3, -0.25) is 0 Å². The number of hydrogen-bond donors (Lipinski definition) is 0. The topological polar surface area (TPSA) is 72.7 Å². The number of nitrogens with one attached hydrogen (secondary N) is 1. The number of hydrogen-bond acceptors (Lipinski definition) is 4. The third-order valence-corrected chi connectivity index (χ3v) is 4.50. The van der Waals surface area contributed by atoms with Crippen molar-refractivity contribution in [3.63, 3.8) is 0 Å². The van der Waals surface area contributed by atoms with Crippen molar-refractivity contribution in [1.82, 2.24) is 0 Å². The van der Waals surface area contributed by atoms with Gasteiger partial charge in [-0.05, 0) is 36.8 Å². The number of benzene rings is 2. The minimum Gasteiger partial charge on any atom is -0.550 e. The zero-order chi connectivity index (χ0) is 17.4. The fraction of sp³-hybridized carbons (Fsp3) is 0.200. The van der Waals surface area contributed by atoms with Crippen LogP contribution >= 0.6 is 0 Å². The average Bonchev–Trinajstić information content (AvgIpc) is 2.63. The first-order valence-corrected chi connectivity index (χ1v) is 8.17. The number of carbonyl (C=O) groups excluding carboxylic acids is 1. The van der Waals surface area contributed by atoms with Crippen molar-refractivity contribution in [2.75, 3.05) is 13.2 Å². The van der Waals surface area contributed by atoms with Crippen LogP contribution in [0.2, 0.25) is 0 Å². The van der Waals surface area contributed by atoms with Gasteiger partial charge in [0.25, 0.3) is 0 Å². The molecule has 0 saturated heterocycles. The number of ether oxygens (including phenoxy) is 2. The van der Waals surface area contributed by atoms with Crippen LogP contribution in [-0.2, 0) is 11.2 Å². The molecule has 4 rings (SSSR count). The van der Waals surface area contributed by atoms with Crippen LogP contribution in [0.25, 0.3) is 22.2 Å². The van der Waals surface area contributed by atoms with Gasteiger partial charge < -0.3 is 19.4 Å². The Morgan fingerprint density at radius 1 is 1.12 bits per heavy atom. The van der Waals surface area contributed by atoms with E-state index in [0.29, 0.717) is 24.7 Å². The number of rotatable bonds is 3. The van der Waals surface area contributed by atoms with Crippen LogP contribution in [0, 0.1) is 6.92 Å². The Kier molecular flexibility index (Phi) is 3.76. The Bertz CT molecular complexity index is 981. The Balaban J connectivity index is 1.94. The Hall–Kier alpha value is -3.08. The maximum absolute atomic E-state index is 11.3. The van der Waals surface area contributed by atoms with Gasteiger partial charge in [-0.25, -0.2) is 4.98 Å². The standard InChI is InChI=1S/C20H17NO4/c1-12-14-4-2-3-5-16(14)21-20(15(12)11-19(22)23)13-6-7-17-18(10-13)25-9-8-24-17/h2-7,10H,8-9,11H2,1H3,(H,22,23). The number of carbonyl (C=O) groups is 1. The molecule has 2 aromatic carbocycles. The maximum Gasteiger partial charge on any atom is 0.215 e. The highest BCUT2D eigenvalue weighted by molar-refractivity contribution is 5.85. The number of H-pyrrole nitrogens is 1. The SMILES string of the molecule is Cc1c(CC(=O)[O-])c(-c2ccc3c(c2)OCCO3)[nH+]c2ccccc12. The second kappa shape index (κ2) is 6.09. The second-order valence-corrected chi connectivity index (χ2v) is 6.06. The Morgan fingerprint density at radius 2 is 1.88 bits per heavy atom. The van der Waals surface area contributed by atoms with Crippen molar-refractivity contribution in [2.45, 2.75) is 13.3 Å². The molecule has 1 aliphatic rings. The zero-order valence-electron chi connectivity index (χ0n) is 13.8. The fourth-order valence-electron chi connectivity index (χ4n) is 3.29. The van der Waals surface area contributed by atoms with Gasteiger partial charge in [0.05, 0.1) is 5.56 Å². The summed E-state index contributed by atoms with van der Waals surface area (Å²) >= 11 is 0. The minimum absolute atomic E-state index is 0.156. The van der Waals surface area contributed by atoms with Gasteiger partial charge in [-0.1, -0.05) is 12.1 Å². The van der Waals surface area contributed by atoms with Crippen molar-refractivity contribution in [1.29, 1.82) is 0 Å². The van der Waals surface area contributed by atoms with Gasteiger partial charge >= 0.3 is 0 Å². The lowest BCUT2D eigenvalue weighted by molar-refractivity contribution is -0.332. The molecular formula is C20H17NO4. The average molecular weight is 335 g/mol. The molecule has 1 aliphatic heterocycles. The molecule has 0 radical (unpaired) electrons. The largest absolute Gasteiger partial charge is 0.550 e. The number of carboxylic acids is 1. The molecule has 0 spiro atoms. The second-order valence-electron chi connectivity index (χ2n) is 6.06. The van der Waals surface area contributed by atoms with Crippen molar-refractivity contribution < 1.29 is 24.4 Å². The van der Waals surface area contributed by atoms with E-state index in [1.54, 1.807) is 0 Å². The summed E-state index contributed by atoms with van der Waals surface area (Å²) in [6.45, 7) is 2.97. The van der Waals surface area contributed by atoms with E-state index in [-0.39, 0.29) is 6.42 Å². The summed E-state index contributed by atoms with van der Waals surface area (Å²) in [4.78, 5) is 14.7. The molecule has 25 heavy (non-hydrogen) atoms. The molecule has 126 valence electrons. The molecule has 0 unspecified atom stereocenters. The Labute approximate surface area is 144 Å². The minimum atomic E-state index is -1.11. The van der Waals surface area contributed by atoms with E-state index >= 15 is 0 Å². The molecule has 1 aromatic heterocycles. The lowest BCUT2D eigenvalue weighted by Crippen LogP contribution is -2.27. The van der Waals surface area contributed by atoms with Crippen LogP contribution < -0.4 is 19.6 Å². The van der Waals surface area contributed by atoms with E-state index in [9.17, 15) is 9.90 Å². The molecule has 0 fully saturated rings. The predicted molar refractivity (Wildman–Crippen MR) is 90.4 cm³/mol. The molecule has 3 aromatic rings. The van der Waals surface area contributed by atoms with Crippen LogP contribution in [0.1, 0.15) is 11.1 Å². The molecule has 5 nitrogen and oxygen atoms in total. The smallest absolute Gasteiger partial charge is 0.215 e. The van der Waals surface area contributed by atoms with E-state index in [1.807, 2.05) is 49.4 Å². The number of aryl methyl sites for hydroxylation is 1. The summed E-state index contributed by atoms with van der Waals surface area (Å²) in [5.41, 5.74) is 4.22. The number of para-hydroxylation sites is 1. The molecule has 0 aliphatic carbocycles. The number of pyridine rings is 1. The maximum atomic E-state index is 11.3. The highest BCUT2D eigenvalue weighted by atomic mass is 16.6. The first kappa shape index (κ1) is 15.4. The summed E-state index contributed by atoms with van der Waals surface area (Å²) in [6.07, 6.45) is -0.156. The quantitative estimate of drug-likeness (QED) is 0.730. The number of aromatic amines is 1. The first-order chi connectivity index (χ1) is 12.1. The third kappa shape index (κ3) is 2.78. The summed E-state index contributed by atoms with van der Waals surface area (Å²) in [7, 11) is 0. The molecular weight excluding hydrogens is 318 g/mol. The normalized spacial score (nSPS) is 13.0. The monoisotopic (exact) mass is 335 g/mol. The van der Waals surface area contributed by atoms with E-state index in [2.05, 4.69) is 4.98 Å². The van der Waals surface area contributed by atoms with Gasteiger partial charge in [0.15, 0.2) is 11.5 Å². The van der Waals surface area contributed by atoms with Gasteiger partial charge in [0.2, 0.25) is 11.2 Å². The van der Waals surface area contributed by atoms with Crippen molar-refractivity contribution in [3.8, 4) is 22.8 Å². The van der Waals surface area contributed by atoms with Crippen LogP contribution in [0.3, 0.4) is 0 Å². The van der Waals surface area contributed by atoms with Crippen LogP contribution in [0.4, 0.5) is 0 Å². The van der Waals surface area contributed by atoms with Crippen LogP contribution in [0.5, 0.6) is 11.5 Å². The lowest BCUT2D eigenvalue weighted by atomic mass is 9.95. The summed E-state index contributed by atoms with van der Waals surface area (Å²) in [5.74, 6) is 0.266. The Morgan fingerprint density at radius 3 is 2.68 bits per heavy atom. The predicted octanol–water partition coefficient (Wildman–Crippen LogP) is 1.69. The van der Waals surface area contributed by atoms with Gasteiger partial charge in [0, 0.05) is 29.4 Å². The highest BCUT2D eigenvalue weighted by Crippen LogP contribution is 2.35. The molecule has 0 atom stereocenters. The number of aromatic nitrogens is 1. The number of carboxylic acid groups (broad SMARTS) is 1. The molecule has 0 amide bonds. The highest BCUT2D eigenvalue weighted by Gasteiger charge is 2.22. The van der Waals surface area contributed by atoms with Crippen LogP contribution in [0.15, 0.2) is 42.5 Å². The van der Waals surface area contributed by atoms with E-state index in [1.165, 1.54) is 0 Å². The molecule has 0 bridgehead atoms. The van der Waals surface area contributed by atoms with Crippen molar-refractivity contribution >= 4 is 16.9 Å². The van der Waals surface area contributed by atoms with Gasteiger partial charge in [-0.2, -0.15) is 0 Å². The zero-order valence-corrected chi connectivity index (χ0v) is 13.8. The lowest BCUT2D eigenvalue weighted by Gasteiger charge is -2.19. The van der Waals surface area contributed by atoms with Gasteiger partial charge in [0.1, 0.15) is 13.2 Å². The third-order valence-electron chi connectivity index (χ3n) is 4.50. The summed E-state index contributed by atoms with van der Waals surface area (Å²) in [6, 6.07) is 13.5. The first-order valence-electron chi connectivity index (χ1n) is 8.17. The van der Waals surface area contributed by atoms with E-state index < -0.39 is 5.97 Å². The molecule has 1 N–H and O–H groups in total. The van der Waals surface area contributed by atoms with Crippen molar-refractivity contribution in [3.05, 3.63) is 53.6 Å². The molecule has 0 saturated carbocycles. The number of aliphatic carboxylic acids is 1. The summed E-state index contributed by atoms with van der Waals surface area (Å²) < 4.78 is 11.2. The summed E-state index contributed by atoms with van der Waals surface area (Å²) in [5, 5.41) is 12.3. The van der Waals surface area contributed by atoms with E-state index in [4.69, 9.17) is 9.47 Å². The van der Waals surface area contributed by atoms with E-state index in [0.717, 1.165) is 33.3 Å².